The third kappa shape index (κ3) is 9.51. The van der Waals surface area contributed by atoms with E-state index in [2.05, 4.69) is 245 Å². The molecule has 79 heavy (non-hydrogen) atoms. The zero-order valence-electron chi connectivity index (χ0n) is 42.7. The third-order valence-electron chi connectivity index (χ3n) is 14.9. The number of rotatable bonds is 2. The molecule has 375 valence electrons. The molecule has 15 aromatic carbocycles. The van der Waals surface area contributed by atoms with E-state index in [1.165, 1.54) is 119 Å². The number of nitrogens with two attached hydrogens (primary N) is 1. The van der Waals surface area contributed by atoms with Crippen molar-refractivity contribution in [2.45, 2.75) is 0 Å². The number of nitrogens with one attached hydrogen (secondary N) is 2. The van der Waals surface area contributed by atoms with Crippen molar-refractivity contribution in [3.8, 4) is 0 Å². The number of benzene rings is 15. The number of nitrogen functional groups attached to an aromatic ring is 1. The highest BCUT2D eigenvalue weighted by atomic mass is 79.9. The van der Waals surface area contributed by atoms with Gasteiger partial charge in [0.2, 0.25) is 0 Å². The van der Waals surface area contributed by atoms with Gasteiger partial charge in [0.15, 0.2) is 0 Å². The van der Waals surface area contributed by atoms with Gasteiger partial charge in [0.1, 0.15) is 0 Å². The highest BCUT2D eigenvalue weighted by Gasteiger charge is 2.16. The average Bonchev–Trinajstić information content (AvgIpc) is 3.90. The lowest BCUT2D eigenvalue weighted by atomic mass is 9.93. The second-order valence-corrected chi connectivity index (χ2v) is 21.1. The summed E-state index contributed by atoms with van der Waals surface area (Å²) in [5.41, 5.74) is 10.4. The Labute approximate surface area is 477 Å². The summed E-state index contributed by atoms with van der Waals surface area (Å²) >= 11 is 15.6. The van der Waals surface area contributed by atoms with Crippen molar-refractivity contribution in [3.63, 3.8) is 0 Å². The molecule has 16 aromatic rings. The monoisotopic (exact) mass is 1110 g/mol. The summed E-state index contributed by atoms with van der Waals surface area (Å²) in [6.45, 7) is 0. The molecule has 0 saturated carbocycles. The molecule has 4 N–H and O–H groups in total. The van der Waals surface area contributed by atoms with Gasteiger partial charge in [0, 0.05) is 45.6 Å². The third-order valence-corrected chi connectivity index (χ3v) is 16.2. The second-order valence-electron chi connectivity index (χ2n) is 19.4. The molecule has 7 heteroatoms. The van der Waals surface area contributed by atoms with E-state index in [9.17, 15) is 0 Å². The van der Waals surface area contributed by atoms with Gasteiger partial charge in [-0.15, -0.1) is 0 Å². The summed E-state index contributed by atoms with van der Waals surface area (Å²) in [5, 5.41) is 30.7. The Hall–Kier alpha value is -8.84. The lowest BCUT2D eigenvalue weighted by Gasteiger charge is -2.15. The van der Waals surface area contributed by atoms with E-state index in [0.29, 0.717) is 10.7 Å². The van der Waals surface area contributed by atoms with E-state index in [-0.39, 0.29) is 8.41 Å². The molecule has 0 aliphatic carbocycles. The first-order chi connectivity index (χ1) is 38.4. The largest absolute Gasteiger partial charge is 0.398 e. The first-order valence-electron chi connectivity index (χ1n) is 25.9. The minimum Gasteiger partial charge on any atom is -0.398 e. The number of anilines is 3. The molecule has 0 bridgehead atoms. The van der Waals surface area contributed by atoms with Crippen LogP contribution in [0.2, 0.25) is 10.0 Å². The summed E-state index contributed by atoms with van der Waals surface area (Å²) in [4.78, 5) is 3.66. The van der Waals surface area contributed by atoms with Crippen LogP contribution in [0.4, 0.5) is 17.1 Å². The standard InChI is InChI=1S/C24H16ClN.C24H15N.C18H11Br.C6H6ClN.B/c25-21-11-5-6-12-22(21)26-23-15-17-14-13-16-7-1-2-8-18(16)24(17)20-10-4-3-9-19(20)23;1-2-8-16-15(7-1)13-14-20-22(16)17-9-3-4-10-18(17)24-23(20)19-11-5-6-12-21(19)25-24;19-17-11-13-10-9-12-5-1-2-6-14(12)18(13)16-8-4-3-7-15(16)17;7-5-3-1-2-4-6(5)8;/h1-15,26H;1-14,25H;1-11H;1-4H,8H2;. The second kappa shape index (κ2) is 21.9. The molecule has 3 nitrogen and oxygen atoms in total. The first kappa shape index (κ1) is 51.0. The molecule has 0 amide bonds. The Balaban J connectivity index is 0.000000111. The number of hydrogen-bond acceptors (Lipinski definition) is 2. The highest BCUT2D eigenvalue weighted by Crippen LogP contribution is 2.43. The van der Waals surface area contributed by atoms with Crippen LogP contribution in [0.5, 0.6) is 0 Å². The van der Waals surface area contributed by atoms with E-state index >= 15 is 0 Å². The summed E-state index contributed by atoms with van der Waals surface area (Å²) in [5.74, 6) is 0. The molecule has 0 aliphatic heterocycles. The molecule has 0 spiro atoms. The van der Waals surface area contributed by atoms with Crippen molar-refractivity contribution < 1.29 is 0 Å². The van der Waals surface area contributed by atoms with Crippen molar-refractivity contribution in [3.05, 3.63) is 281 Å². The zero-order chi connectivity index (χ0) is 52.7. The van der Waals surface area contributed by atoms with Crippen LogP contribution >= 0.6 is 39.1 Å². The Bertz CT molecular complexity index is 4960. The fourth-order valence-electron chi connectivity index (χ4n) is 11.3. The number of aromatic nitrogens is 1. The summed E-state index contributed by atoms with van der Waals surface area (Å²) in [7, 11) is 0. The predicted molar refractivity (Wildman–Crippen MR) is 350 cm³/mol. The molecule has 1 heterocycles. The highest BCUT2D eigenvalue weighted by molar-refractivity contribution is 9.10. The van der Waals surface area contributed by atoms with E-state index in [1.807, 2.05) is 36.4 Å². The summed E-state index contributed by atoms with van der Waals surface area (Å²) in [6, 6.07) is 93.1. The van der Waals surface area contributed by atoms with Crippen LogP contribution in [0.1, 0.15) is 0 Å². The summed E-state index contributed by atoms with van der Waals surface area (Å²) < 4.78 is 1.16. The maximum Gasteiger partial charge on any atom is 0.0640 e. The quantitative estimate of drug-likeness (QED) is 0.0918. The van der Waals surface area contributed by atoms with Gasteiger partial charge in [0.05, 0.1) is 26.9 Å². The SMILES string of the molecule is Brc1cc2ccc3ccccc3c2c2ccccc12.Clc1ccccc1Nc1cc2ccc3ccccc3c2c2ccccc12.Nc1ccccc1Cl.[B].c1ccc2c(c1)ccc1c2c2ccccc2c2[nH]c3ccccc3c12. The number of halogens is 3. The van der Waals surface area contributed by atoms with Crippen molar-refractivity contribution in [1.82, 2.24) is 4.98 Å². The minimum absolute atomic E-state index is 0. The van der Waals surface area contributed by atoms with Crippen LogP contribution in [-0.4, -0.2) is 13.4 Å². The van der Waals surface area contributed by atoms with Gasteiger partial charge in [-0.2, -0.15) is 0 Å². The van der Waals surface area contributed by atoms with Crippen molar-refractivity contribution >= 4 is 183 Å². The van der Waals surface area contributed by atoms with E-state index in [0.717, 1.165) is 20.9 Å². The van der Waals surface area contributed by atoms with Gasteiger partial charge < -0.3 is 16.0 Å². The van der Waals surface area contributed by atoms with Crippen LogP contribution in [0.3, 0.4) is 0 Å². The number of H-pyrrole nitrogens is 1. The van der Waals surface area contributed by atoms with Gasteiger partial charge in [-0.05, 0) is 129 Å². The lowest BCUT2D eigenvalue weighted by Crippen LogP contribution is -1.93. The van der Waals surface area contributed by atoms with Crippen LogP contribution in [0.25, 0.3) is 119 Å². The molecule has 0 fully saturated rings. The maximum atomic E-state index is 6.36. The van der Waals surface area contributed by atoms with Crippen molar-refractivity contribution in [2.75, 3.05) is 11.1 Å². The number of fused-ring (bicyclic) bond motifs is 20. The topological polar surface area (TPSA) is 53.8 Å². The van der Waals surface area contributed by atoms with Crippen LogP contribution in [-0.2, 0) is 0 Å². The molecule has 0 atom stereocenters. The van der Waals surface area contributed by atoms with Gasteiger partial charge in [0.25, 0.3) is 0 Å². The molecule has 0 aliphatic rings. The van der Waals surface area contributed by atoms with E-state index in [4.69, 9.17) is 28.9 Å². The normalized spacial score (nSPS) is 11.2. The Morgan fingerprint density at radius 2 is 0.734 bits per heavy atom. The number of hydrogen-bond donors (Lipinski definition) is 3. The van der Waals surface area contributed by atoms with Crippen molar-refractivity contribution in [2.24, 2.45) is 0 Å². The predicted octanol–water partition coefficient (Wildman–Crippen LogP) is 21.8. The minimum atomic E-state index is 0. The Kier molecular flexibility index (Phi) is 14.1. The maximum absolute atomic E-state index is 6.36. The van der Waals surface area contributed by atoms with Crippen LogP contribution in [0.15, 0.2) is 271 Å². The number of aromatic amines is 1. The van der Waals surface area contributed by atoms with E-state index in [1.54, 1.807) is 12.1 Å². The summed E-state index contributed by atoms with van der Waals surface area (Å²) in [6.07, 6.45) is 0. The molecule has 16 rings (SSSR count). The van der Waals surface area contributed by atoms with Crippen molar-refractivity contribution in [1.29, 1.82) is 0 Å². The molecule has 3 radical (unpaired) electrons. The van der Waals surface area contributed by atoms with Gasteiger partial charge in [-0.3, -0.25) is 0 Å². The smallest absolute Gasteiger partial charge is 0.0640 e. The number of para-hydroxylation sites is 3. The Morgan fingerprint density at radius 1 is 0.316 bits per heavy atom. The van der Waals surface area contributed by atoms with E-state index < -0.39 is 0 Å². The van der Waals surface area contributed by atoms with Gasteiger partial charge in [-0.25, -0.2) is 0 Å². The molecular formula is C72H48BBrCl2N3. The van der Waals surface area contributed by atoms with Gasteiger partial charge >= 0.3 is 0 Å². The fraction of sp³-hybridized carbons (Fsp3) is 0. The van der Waals surface area contributed by atoms with Crippen LogP contribution < -0.4 is 11.1 Å². The Morgan fingerprint density at radius 3 is 1.32 bits per heavy atom. The molecular weight excluding hydrogens is 1070 g/mol. The van der Waals surface area contributed by atoms with Gasteiger partial charge in [-0.1, -0.05) is 264 Å². The lowest BCUT2D eigenvalue weighted by molar-refractivity contribution is 1.56. The molecule has 1 aromatic heterocycles. The fourth-order valence-corrected chi connectivity index (χ4v) is 12.2. The molecule has 0 unspecified atom stereocenters. The average molecular weight is 1120 g/mol. The molecule has 0 saturated heterocycles. The van der Waals surface area contributed by atoms with Crippen LogP contribution in [0, 0.1) is 0 Å². The zero-order valence-corrected chi connectivity index (χ0v) is 45.8. The first-order valence-corrected chi connectivity index (χ1v) is 27.5.